The first-order valence-electron chi connectivity index (χ1n) is 8.11. The SMILES string of the molecule is c1cc2c3ccsc3c3c4cccc5c6ccsc6c(c(c1)c23)c54. The highest BCUT2D eigenvalue weighted by Gasteiger charge is 2.21. The molecular formula is C22H10S2. The molecule has 7 rings (SSSR count). The van der Waals surface area contributed by atoms with Crippen LogP contribution in [0.2, 0.25) is 0 Å². The summed E-state index contributed by atoms with van der Waals surface area (Å²) in [5, 5.41) is 18.8. The smallest absolute Gasteiger partial charge is 0.0434 e. The van der Waals surface area contributed by atoms with Gasteiger partial charge < -0.3 is 0 Å². The van der Waals surface area contributed by atoms with Gasteiger partial charge in [0.2, 0.25) is 0 Å². The Balaban J connectivity index is 2.06. The highest BCUT2D eigenvalue weighted by molar-refractivity contribution is 7.19. The van der Waals surface area contributed by atoms with Crippen molar-refractivity contribution < 1.29 is 0 Å². The Kier molecular flexibility index (Phi) is 1.90. The van der Waals surface area contributed by atoms with E-state index in [0.29, 0.717) is 0 Å². The number of thiophene rings is 2. The second kappa shape index (κ2) is 3.80. The Morgan fingerprint density at radius 3 is 1.38 bits per heavy atom. The Morgan fingerprint density at radius 2 is 0.875 bits per heavy atom. The third-order valence-electron chi connectivity index (χ3n) is 5.53. The van der Waals surface area contributed by atoms with Gasteiger partial charge in [0, 0.05) is 30.9 Å². The molecule has 0 aliphatic carbocycles. The predicted molar refractivity (Wildman–Crippen MR) is 110 cm³/mol. The molecule has 7 aromatic rings. The van der Waals surface area contributed by atoms with Crippen LogP contribution in [0.25, 0.3) is 63.3 Å². The zero-order valence-electron chi connectivity index (χ0n) is 12.6. The normalized spacial score (nSPS) is 13.0. The standard InChI is InChI=1S/C22H10S2/c1-3-11-13-7-9-23-21(13)20-16-6-2-4-12-14-8-10-24-22(14)19(18(12)16)15(5-1)17(11)20/h1-10H. The van der Waals surface area contributed by atoms with Gasteiger partial charge in [-0.05, 0) is 55.2 Å². The number of fused-ring (bicyclic) bond motifs is 8. The highest BCUT2D eigenvalue weighted by Crippen LogP contribution is 2.51. The van der Waals surface area contributed by atoms with Gasteiger partial charge in [-0.25, -0.2) is 0 Å². The third-order valence-corrected chi connectivity index (χ3v) is 7.40. The third kappa shape index (κ3) is 1.12. The van der Waals surface area contributed by atoms with Gasteiger partial charge in [0.05, 0.1) is 0 Å². The molecule has 0 spiro atoms. The molecule has 2 aromatic heterocycles. The molecule has 2 heterocycles. The van der Waals surface area contributed by atoms with Crippen molar-refractivity contribution >= 4 is 85.9 Å². The minimum atomic E-state index is 1.41. The van der Waals surface area contributed by atoms with Crippen molar-refractivity contribution in [3.63, 3.8) is 0 Å². The Labute approximate surface area is 145 Å². The number of rotatable bonds is 0. The number of benzene rings is 3. The van der Waals surface area contributed by atoms with Crippen molar-refractivity contribution in [3.8, 4) is 0 Å². The van der Waals surface area contributed by atoms with E-state index in [2.05, 4.69) is 59.3 Å². The molecule has 2 heteroatoms. The van der Waals surface area contributed by atoms with Crippen molar-refractivity contribution in [2.75, 3.05) is 0 Å². The van der Waals surface area contributed by atoms with Crippen LogP contribution in [0.1, 0.15) is 0 Å². The lowest BCUT2D eigenvalue weighted by Crippen LogP contribution is -1.78. The lowest BCUT2D eigenvalue weighted by Gasteiger charge is -2.07. The molecule has 0 saturated carbocycles. The molecular weight excluding hydrogens is 328 g/mol. The molecule has 0 bridgehead atoms. The fraction of sp³-hybridized carbons (Fsp3) is 0. The monoisotopic (exact) mass is 338 g/mol. The summed E-state index contributed by atoms with van der Waals surface area (Å²) in [6.07, 6.45) is 0. The van der Waals surface area contributed by atoms with Gasteiger partial charge in [-0.15, -0.1) is 22.7 Å². The van der Waals surface area contributed by atoms with E-state index >= 15 is 0 Å². The average Bonchev–Trinajstić information content (AvgIpc) is 3.35. The lowest BCUT2D eigenvalue weighted by molar-refractivity contribution is 1.90. The van der Waals surface area contributed by atoms with E-state index in [0.717, 1.165) is 0 Å². The molecule has 0 unspecified atom stereocenters. The summed E-state index contributed by atoms with van der Waals surface area (Å²) in [4.78, 5) is 0. The van der Waals surface area contributed by atoms with E-state index in [9.17, 15) is 0 Å². The summed E-state index contributed by atoms with van der Waals surface area (Å²) >= 11 is 3.75. The van der Waals surface area contributed by atoms with Gasteiger partial charge in [0.15, 0.2) is 0 Å². The average molecular weight is 338 g/mol. The summed E-state index contributed by atoms with van der Waals surface area (Å²) in [5.41, 5.74) is 0. The largest absolute Gasteiger partial charge is 0.143 e. The molecule has 110 valence electrons. The van der Waals surface area contributed by atoms with Crippen molar-refractivity contribution in [2.45, 2.75) is 0 Å². The van der Waals surface area contributed by atoms with Gasteiger partial charge in [-0.2, -0.15) is 0 Å². The summed E-state index contributed by atoms with van der Waals surface area (Å²) in [5.74, 6) is 0. The number of hydrogen-bond acceptors (Lipinski definition) is 2. The summed E-state index contributed by atoms with van der Waals surface area (Å²) in [6.45, 7) is 0. The maximum atomic E-state index is 2.32. The van der Waals surface area contributed by atoms with Gasteiger partial charge >= 0.3 is 0 Å². The summed E-state index contributed by atoms with van der Waals surface area (Å²) < 4.78 is 2.89. The van der Waals surface area contributed by atoms with Crippen LogP contribution in [0.15, 0.2) is 59.3 Å². The topological polar surface area (TPSA) is 0 Å². The fourth-order valence-corrected chi connectivity index (χ4v) is 6.63. The first-order chi connectivity index (χ1) is 11.9. The van der Waals surface area contributed by atoms with Crippen LogP contribution >= 0.6 is 22.7 Å². The lowest BCUT2D eigenvalue weighted by atomic mass is 9.97. The van der Waals surface area contributed by atoms with Gasteiger partial charge in [-0.1, -0.05) is 36.4 Å². The maximum Gasteiger partial charge on any atom is 0.0434 e. The van der Waals surface area contributed by atoms with Gasteiger partial charge in [0.1, 0.15) is 0 Å². The first-order valence-corrected chi connectivity index (χ1v) is 9.87. The molecule has 0 fully saturated rings. The van der Waals surface area contributed by atoms with Crippen molar-refractivity contribution in [2.24, 2.45) is 0 Å². The Hall–Kier alpha value is -2.42. The summed E-state index contributed by atoms with van der Waals surface area (Å²) in [7, 11) is 0. The second-order valence-electron chi connectivity index (χ2n) is 6.53. The molecule has 24 heavy (non-hydrogen) atoms. The van der Waals surface area contributed by atoms with Crippen LogP contribution in [0, 0.1) is 0 Å². The fourth-order valence-electron chi connectivity index (χ4n) is 4.68. The maximum absolute atomic E-state index is 2.32. The predicted octanol–water partition coefficient (Wildman–Crippen LogP) is 7.60. The van der Waals surface area contributed by atoms with Crippen LogP contribution < -0.4 is 0 Å². The van der Waals surface area contributed by atoms with E-state index in [4.69, 9.17) is 0 Å². The van der Waals surface area contributed by atoms with Crippen molar-refractivity contribution in [3.05, 3.63) is 59.3 Å². The Morgan fingerprint density at radius 1 is 0.417 bits per heavy atom. The van der Waals surface area contributed by atoms with Gasteiger partial charge in [-0.3, -0.25) is 0 Å². The number of hydrogen-bond donors (Lipinski definition) is 0. The molecule has 0 radical (unpaired) electrons. The first kappa shape index (κ1) is 12.0. The molecule has 0 aliphatic rings. The minimum Gasteiger partial charge on any atom is -0.143 e. The van der Waals surface area contributed by atoms with E-state index < -0.39 is 0 Å². The summed E-state index contributed by atoms with van der Waals surface area (Å²) in [6, 6.07) is 18.2. The molecule has 5 aromatic carbocycles. The Bertz CT molecular complexity index is 1430. The van der Waals surface area contributed by atoms with E-state index in [1.54, 1.807) is 0 Å². The quantitative estimate of drug-likeness (QED) is 0.250. The van der Waals surface area contributed by atoms with E-state index in [1.165, 1.54) is 63.3 Å². The zero-order chi connectivity index (χ0) is 15.4. The van der Waals surface area contributed by atoms with Gasteiger partial charge in [0.25, 0.3) is 0 Å². The van der Waals surface area contributed by atoms with Crippen molar-refractivity contribution in [1.29, 1.82) is 0 Å². The minimum absolute atomic E-state index is 1.41. The van der Waals surface area contributed by atoms with Crippen molar-refractivity contribution in [1.82, 2.24) is 0 Å². The highest BCUT2D eigenvalue weighted by atomic mass is 32.1. The molecule has 0 nitrogen and oxygen atoms in total. The molecule has 0 saturated heterocycles. The van der Waals surface area contributed by atoms with Crippen LogP contribution in [0.4, 0.5) is 0 Å². The molecule has 0 atom stereocenters. The zero-order valence-corrected chi connectivity index (χ0v) is 14.2. The van der Waals surface area contributed by atoms with Crippen LogP contribution in [0.5, 0.6) is 0 Å². The molecule has 0 N–H and O–H groups in total. The van der Waals surface area contributed by atoms with Crippen LogP contribution in [0.3, 0.4) is 0 Å². The van der Waals surface area contributed by atoms with E-state index in [1.807, 2.05) is 22.7 Å². The molecule has 0 amide bonds. The van der Waals surface area contributed by atoms with Crippen LogP contribution in [-0.4, -0.2) is 0 Å². The second-order valence-corrected chi connectivity index (χ2v) is 8.37. The molecule has 0 aliphatic heterocycles. The van der Waals surface area contributed by atoms with Crippen LogP contribution in [-0.2, 0) is 0 Å². The van der Waals surface area contributed by atoms with E-state index in [-0.39, 0.29) is 0 Å².